The number of amides is 2. The Morgan fingerprint density at radius 1 is 1.12 bits per heavy atom. The van der Waals surface area contributed by atoms with Gasteiger partial charge in [-0.25, -0.2) is 14.3 Å². The minimum absolute atomic E-state index is 0.174. The van der Waals surface area contributed by atoms with Crippen molar-refractivity contribution in [2.45, 2.75) is 70.4 Å². The lowest BCUT2D eigenvalue weighted by molar-refractivity contribution is -0.161. The SMILES string of the molecule is COC(=O)C1(Cc2cnn3cc([C@@H](NC(=O)OCc4ccccc4)C4CCCCCC4)nc3c2)CCCNC1=O. The number of rotatable bonds is 8. The molecule has 10 nitrogen and oxygen atoms in total. The molecule has 3 heterocycles. The first-order chi connectivity index (χ1) is 19.5. The molecule has 0 bridgehead atoms. The van der Waals surface area contributed by atoms with Gasteiger partial charge in [0.05, 0.1) is 31.2 Å². The third-order valence-corrected chi connectivity index (χ3v) is 8.15. The van der Waals surface area contributed by atoms with Gasteiger partial charge in [-0.15, -0.1) is 0 Å². The van der Waals surface area contributed by atoms with E-state index in [-0.39, 0.29) is 30.9 Å². The summed E-state index contributed by atoms with van der Waals surface area (Å²) in [4.78, 5) is 43.3. The molecule has 1 unspecified atom stereocenters. The maximum Gasteiger partial charge on any atom is 0.408 e. The van der Waals surface area contributed by atoms with Crippen LogP contribution >= 0.6 is 0 Å². The van der Waals surface area contributed by atoms with Gasteiger partial charge in [0.25, 0.3) is 0 Å². The Balaban J connectivity index is 1.38. The molecule has 1 aromatic carbocycles. The Bertz CT molecular complexity index is 1320. The van der Waals surface area contributed by atoms with Gasteiger partial charge in [-0.1, -0.05) is 56.0 Å². The van der Waals surface area contributed by atoms with Gasteiger partial charge in [0, 0.05) is 6.54 Å². The van der Waals surface area contributed by atoms with E-state index < -0.39 is 17.5 Å². The van der Waals surface area contributed by atoms with Crippen LogP contribution in [0.15, 0.2) is 48.8 Å². The first-order valence-corrected chi connectivity index (χ1v) is 14.2. The van der Waals surface area contributed by atoms with Crippen molar-refractivity contribution in [1.29, 1.82) is 0 Å². The number of nitrogens with zero attached hydrogens (tertiary/aromatic N) is 3. The number of aromatic nitrogens is 3. The molecular formula is C30H37N5O5. The second-order valence-electron chi connectivity index (χ2n) is 10.9. The van der Waals surface area contributed by atoms with Crippen LogP contribution < -0.4 is 10.6 Å². The Morgan fingerprint density at radius 3 is 2.62 bits per heavy atom. The number of carbonyl (C=O) groups is 3. The number of hydrogen-bond donors (Lipinski definition) is 2. The summed E-state index contributed by atoms with van der Waals surface area (Å²) in [6.07, 6.45) is 10.9. The average molecular weight is 548 g/mol. The third-order valence-electron chi connectivity index (χ3n) is 8.15. The number of methoxy groups -OCH3 is 1. The summed E-state index contributed by atoms with van der Waals surface area (Å²) < 4.78 is 12.3. The molecule has 2 amide bonds. The van der Waals surface area contributed by atoms with Gasteiger partial charge < -0.3 is 20.1 Å². The Morgan fingerprint density at radius 2 is 1.90 bits per heavy atom. The molecule has 2 N–H and O–H groups in total. The molecule has 10 heteroatoms. The van der Waals surface area contributed by atoms with E-state index in [1.165, 1.54) is 20.0 Å². The van der Waals surface area contributed by atoms with E-state index in [1.807, 2.05) is 42.6 Å². The molecule has 40 heavy (non-hydrogen) atoms. The molecule has 5 rings (SSSR count). The Labute approximate surface area is 233 Å². The van der Waals surface area contributed by atoms with E-state index >= 15 is 0 Å². The Hall–Kier alpha value is -3.95. The lowest BCUT2D eigenvalue weighted by atomic mass is 9.75. The highest BCUT2D eigenvalue weighted by atomic mass is 16.5. The maximum atomic E-state index is 12.9. The number of hydrogen-bond acceptors (Lipinski definition) is 7. The molecule has 2 aliphatic rings. The van der Waals surface area contributed by atoms with Gasteiger partial charge >= 0.3 is 12.1 Å². The number of benzene rings is 1. The zero-order valence-electron chi connectivity index (χ0n) is 22.9. The largest absolute Gasteiger partial charge is 0.468 e. The molecule has 2 atom stereocenters. The number of carbonyl (C=O) groups excluding carboxylic acids is 3. The number of ether oxygens (including phenoxy) is 2. The highest BCUT2D eigenvalue weighted by molar-refractivity contribution is 6.03. The molecule has 1 aliphatic heterocycles. The first-order valence-electron chi connectivity index (χ1n) is 14.2. The van der Waals surface area contributed by atoms with Crippen LogP contribution in [0, 0.1) is 11.3 Å². The quantitative estimate of drug-likeness (QED) is 0.245. The van der Waals surface area contributed by atoms with Crippen molar-refractivity contribution < 1.29 is 23.9 Å². The van der Waals surface area contributed by atoms with Crippen LogP contribution in [0.1, 0.15) is 74.2 Å². The molecule has 1 saturated carbocycles. The normalized spacial score (nSPS) is 20.8. The minimum Gasteiger partial charge on any atom is -0.468 e. The third kappa shape index (κ3) is 6.11. The first kappa shape index (κ1) is 27.6. The fourth-order valence-corrected chi connectivity index (χ4v) is 6.00. The molecule has 1 aliphatic carbocycles. The summed E-state index contributed by atoms with van der Waals surface area (Å²) in [6, 6.07) is 11.1. The highest BCUT2D eigenvalue weighted by Crippen LogP contribution is 2.35. The van der Waals surface area contributed by atoms with Crippen LogP contribution in [-0.2, 0) is 32.1 Å². The highest BCUT2D eigenvalue weighted by Gasteiger charge is 2.48. The van der Waals surface area contributed by atoms with Crippen LogP contribution in [0.4, 0.5) is 4.79 Å². The van der Waals surface area contributed by atoms with Crippen LogP contribution in [0.3, 0.4) is 0 Å². The van der Waals surface area contributed by atoms with Crippen LogP contribution in [-0.4, -0.2) is 46.2 Å². The summed E-state index contributed by atoms with van der Waals surface area (Å²) in [5.41, 5.74) is 1.65. The number of fused-ring (bicyclic) bond motifs is 1. The number of esters is 1. The zero-order chi connectivity index (χ0) is 28.0. The van der Waals surface area contributed by atoms with Gasteiger partial charge in [-0.05, 0) is 55.2 Å². The van der Waals surface area contributed by atoms with E-state index in [1.54, 1.807) is 10.7 Å². The summed E-state index contributed by atoms with van der Waals surface area (Å²) in [7, 11) is 1.31. The van der Waals surface area contributed by atoms with Gasteiger partial charge in [-0.2, -0.15) is 5.10 Å². The summed E-state index contributed by atoms with van der Waals surface area (Å²) >= 11 is 0. The molecular weight excluding hydrogens is 510 g/mol. The topological polar surface area (TPSA) is 124 Å². The summed E-state index contributed by atoms with van der Waals surface area (Å²) in [6.45, 7) is 0.734. The van der Waals surface area contributed by atoms with Crippen molar-refractivity contribution in [1.82, 2.24) is 25.2 Å². The molecule has 2 fully saturated rings. The van der Waals surface area contributed by atoms with Crippen molar-refractivity contribution >= 4 is 23.6 Å². The van der Waals surface area contributed by atoms with E-state index in [9.17, 15) is 14.4 Å². The van der Waals surface area contributed by atoms with E-state index in [4.69, 9.17) is 14.5 Å². The smallest absolute Gasteiger partial charge is 0.408 e. The van der Waals surface area contributed by atoms with Crippen LogP contribution in [0.25, 0.3) is 5.65 Å². The van der Waals surface area contributed by atoms with Crippen LogP contribution in [0.2, 0.25) is 0 Å². The fraction of sp³-hybridized carbons (Fsp3) is 0.500. The van der Waals surface area contributed by atoms with Crippen molar-refractivity contribution in [3.8, 4) is 0 Å². The van der Waals surface area contributed by atoms with Gasteiger partial charge in [0.2, 0.25) is 5.91 Å². The van der Waals surface area contributed by atoms with Crippen molar-refractivity contribution in [3.63, 3.8) is 0 Å². The molecule has 2 aromatic heterocycles. The Kier molecular flexibility index (Phi) is 8.62. The fourth-order valence-electron chi connectivity index (χ4n) is 6.00. The standard InChI is InChI=1S/C30H37N5O5/c1-39-28(37)30(14-9-15-31-27(30)36)17-22-16-25-33-24(19-35(25)32-18-22)26(23-12-7-2-3-8-13-23)34-29(38)40-20-21-10-5-4-6-11-21/h4-6,10-11,16,18-19,23,26H,2-3,7-9,12-15,17,20H2,1H3,(H,31,36)(H,34,38)/t26-,30?/m0/s1. The number of alkyl carbamates (subject to hydrolysis) is 1. The van der Waals surface area contributed by atoms with Gasteiger partial charge in [-0.3, -0.25) is 9.59 Å². The second-order valence-corrected chi connectivity index (χ2v) is 10.9. The molecule has 0 spiro atoms. The molecule has 212 valence electrons. The average Bonchev–Trinajstić information content (AvgIpc) is 3.20. The van der Waals surface area contributed by atoms with Crippen LogP contribution in [0.5, 0.6) is 0 Å². The predicted octanol–water partition coefficient (Wildman–Crippen LogP) is 4.28. The number of nitrogens with one attached hydrogen (secondary N) is 2. The van der Waals surface area contributed by atoms with Crippen molar-refractivity contribution in [2.75, 3.05) is 13.7 Å². The number of piperidine rings is 1. The summed E-state index contributed by atoms with van der Waals surface area (Å²) in [5, 5.41) is 10.4. The molecule has 1 saturated heterocycles. The molecule has 3 aromatic rings. The maximum absolute atomic E-state index is 12.9. The van der Waals surface area contributed by atoms with Gasteiger partial charge in [0.15, 0.2) is 11.1 Å². The summed E-state index contributed by atoms with van der Waals surface area (Å²) in [5.74, 6) is -0.633. The van der Waals surface area contributed by atoms with E-state index in [0.717, 1.165) is 31.2 Å². The molecule has 0 radical (unpaired) electrons. The van der Waals surface area contributed by atoms with Crippen molar-refractivity contribution in [3.05, 3.63) is 65.6 Å². The van der Waals surface area contributed by atoms with Gasteiger partial charge in [0.1, 0.15) is 6.61 Å². The van der Waals surface area contributed by atoms with E-state index in [0.29, 0.717) is 36.3 Å². The number of imidazole rings is 1. The lowest BCUT2D eigenvalue weighted by Gasteiger charge is -2.33. The van der Waals surface area contributed by atoms with Crippen molar-refractivity contribution in [2.24, 2.45) is 11.3 Å². The predicted molar refractivity (Wildman–Crippen MR) is 147 cm³/mol. The zero-order valence-corrected chi connectivity index (χ0v) is 22.9. The van der Waals surface area contributed by atoms with E-state index in [2.05, 4.69) is 15.7 Å². The monoisotopic (exact) mass is 547 g/mol. The minimum atomic E-state index is -1.28. The lowest BCUT2D eigenvalue weighted by Crippen LogP contribution is -2.52. The second kappa shape index (κ2) is 12.5.